The van der Waals surface area contributed by atoms with E-state index in [1.165, 1.54) is 12.1 Å². The van der Waals surface area contributed by atoms with Crippen LogP contribution in [0.4, 0.5) is 4.39 Å². The Morgan fingerprint density at radius 2 is 2.14 bits per heavy atom. The molecule has 1 N–H and O–H groups in total. The van der Waals surface area contributed by atoms with Crippen LogP contribution in [-0.4, -0.2) is 37.9 Å². The number of carbonyl (C=O) groups excluding carboxylic acids is 1. The van der Waals surface area contributed by atoms with Crippen LogP contribution in [0.25, 0.3) is 5.69 Å². The van der Waals surface area contributed by atoms with Crippen LogP contribution in [0.3, 0.4) is 0 Å². The van der Waals surface area contributed by atoms with Crippen molar-refractivity contribution in [1.29, 1.82) is 0 Å². The predicted octanol–water partition coefficient (Wildman–Crippen LogP) is 2.49. The third-order valence-corrected chi connectivity index (χ3v) is 4.90. The highest BCUT2D eigenvalue weighted by atomic mass is 19.1. The zero-order chi connectivity index (χ0) is 19.5. The maximum atomic E-state index is 13.2. The van der Waals surface area contributed by atoms with Crippen molar-refractivity contribution in [2.75, 3.05) is 6.61 Å². The SMILES string of the molecule is C[C@H](Cn1ccnc1)NC(=O)[C@H]1CCO[C@@H]1c1ccnn1-c1ccc(F)cc1. The number of ether oxygens (including phenoxy) is 1. The zero-order valence-electron chi connectivity index (χ0n) is 15.5. The van der Waals surface area contributed by atoms with E-state index in [2.05, 4.69) is 15.4 Å². The van der Waals surface area contributed by atoms with Crippen LogP contribution in [-0.2, 0) is 16.1 Å². The average Bonchev–Trinajstić information content (AvgIpc) is 3.43. The summed E-state index contributed by atoms with van der Waals surface area (Å²) in [5.41, 5.74) is 1.51. The molecule has 0 unspecified atom stereocenters. The third kappa shape index (κ3) is 3.82. The third-order valence-electron chi connectivity index (χ3n) is 4.90. The summed E-state index contributed by atoms with van der Waals surface area (Å²) >= 11 is 0. The van der Waals surface area contributed by atoms with Gasteiger partial charge in [-0.05, 0) is 43.7 Å². The number of hydrogen-bond acceptors (Lipinski definition) is 4. The van der Waals surface area contributed by atoms with Gasteiger partial charge in [0.1, 0.15) is 11.9 Å². The summed E-state index contributed by atoms with van der Waals surface area (Å²) in [6.07, 6.45) is 7.22. The Morgan fingerprint density at radius 3 is 2.89 bits per heavy atom. The summed E-state index contributed by atoms with van der Waals surface area (Å²) in [5, 5.41) is 7.41. The van der Waals surface area contributed by atoms with Gasteiger partial charge in [-0.3, -0.25) is 4.79 Å². The normalized spacial score (nSPS) is 20.2. The lowest BCUT2D eigenvalue weighted by molar-refractivity contribution is -0.127. The van der Waals surface area contributed by atoms with Crippen LogP contribution in [0.1, 0.15) is 25.1 Å². The Kier molecular flexibility index (Phi) is 5.21. The number of nitrogens with one attached hydrogen (secondary N) is 1. The minimum Gasteiger partial charge on any atom is -0.371 e. The molecule has 3 heterocycles. The summed E-state index contributed by atoms with van der Waals surface area (Å²) in [6, 6.07) is 7.89. The Balaban J connectivity index is 1.49. The topological polar surface area (TPSA) is 74.0 Å². The fourth-order valence-corrected chi connectivity index (χ4v) is 3.58. The maximum Gasteiger partial charge on any atom is 0.226 e. The molecule has 3 aromatic rings. The molecule has 1 aromatic carbocycles. The number of halogens is 1. The van der Waals surface area contributed by atoms with Crippen molar-refractivity contribution < 1.29 is 13.9 Å². The van der Waals surface area contributed by atoms with Gasteiger partial charge in [-0.2, -0.15) is 5.10 Å². The van der Waals surface area contributed by atoms with Gasteiger partial charge in [0, 0.05) is 37.8 Å². The minimum absolute atomic E-state index is 0.0371. The number of amides is 1. The molecule has 1 fully saturated rings. The fraction of sp³-hybridized carbons (Fsp3) is 0.350. The van der Waals surface area contributed by atoms with Crippen LogP contribution in [0.2, 0.25) is 0 Å². The van der Waals surface area contributed by atoms with Gasteiger partial charge < -0.3 is 14.6 Å². The number of rotatable bonds is 6. The van der Waals surface area contributed by atoms with E-state index in [0.29, 0.717) is 19.6 Å². The molecule has 1 saturated heterocycles. The lowest BCUT2D eigenvalue weighted by Gasteiger charge is -2.22. The van der Waals surface area contributed by atoms with E-state index in [1.807, 2.05) is 23.8 Å². The molecule has 8 heteroatoms. The van der Waals surface area contributed by atoms with Gasteiger partial charge in [0.2, 0.25) is 5.91 Å². The number of hydrogen-bond donors (Lipinski definition) is 1. The monoisotopic (exact) mass is 383 g/mol. The molecular formula is C20H22FN5O2. The van der Waals surface area contributed by atoms with Crippen molar-refractivity contribution >= 4 is 5.91 Å². The van der Waals surface area contributed by atoms with Crippen LogP contribution < -0.4 is 5.32 Å². The van der Waals surface area contributed by atoms with Crippen LogP contribution in [0.5, 0.6) is 0 Å². The van der Waals surface area contributed by atoms with Crippen LogP contribution in [0, 0.1) is 11.7 Å². The first-order valence-corrected chi connectivity index (χ1v) is 9.29. The fourth-order valence-electron chi connectivity index (χ4n) is 3.58. The molecule has 2 aromatic heterocycles. The first kappa shape index (κ1) is 18.4. The Bertz CT molecular complexity index is 922. The molecule has 3 atom stereocenters. The number of benzene rings is 1. The molecule has 146 valence electrons. The predicted molar refractivity (Wildman–Crippen MR) is 100 cm³/mol. The summed E-state index contributed by atoms with van der Waals surface area (Å²) in [4.78, 5) is 16.9. The van der Waals surface area contributed by atoms with Gasteiger partial charge >= 0.3 is 0 Å². The lowest BCUT2D eigenvalue weighted by Crippen LogP contribution is -2.40. The minimum atomic E-state index is -0.395. The summed E-state index contributed by atoms with van der Waals surface area (Å²) in [6.45, 7) is 3.12. The Labute approximate surface area is 162 Å². The number of nitrogens with zero attached hydrogens (tertiary/aromatic N) is 4. The molecule has 0 bridgehead atoms. The number of imidazole rings is 1. The van der Waals surface area contributed by atoms with E-state index in [4.69, 9.17) is 4.74 Å². The van der Waals surface area contributed by atoms with Crippen LogP contribution >= 0.6 is 0 Å². The average molecular weight is 383 g/mol. The Morgan fingerprint density at radius 1 is 1.32 bits per heavy atom. The van der Waals surface area contributed by atoms with Crippen molar-refractivity contribution in [2.45, 2.75) is 32.0 Å². The first-order valence-electron chi connectivity index (χ1n) is 9.29. The van der Waals surface area contributed by atoms with Crippen molar-refractivity contribution in [2.24, 2.45) is 5.92 Å². The maximum absolute atomic E-state index is 13.2. The van der Waals surface area contributed by atoms with E-state index in [9.17, 15) is 9.18 Å². The van der Waals surface area contributed by atoms with Crippen LogP contribution in [0.15, 0.2) is 55.2 Å². The van der Waals surface area contributed by atoms with E-state index in [0.717, 1.165) is 11.4 Å². The van der Waals surface area contributed by atoms with Gasteiger partial charge in [0.25, 0.3) is 0 Å². The van der Waals surface area contributed by atoms with Gasteiger partial charge in [-0.1, -0.05) is 0 Å². The van der Waals surface area contributed by atoms with Crippen molar-refractivity contribution in [3.05, 3.63) is 66.8 Å². The number of aromatic nitrogens is 4. The molecule has 1 amide bonds. The largest absolute Gasteiger partial charge is 0.371 e. The zero-order valence-corrected chi connectivity index (χ0v) is 15.5. The van der Waals surface area contributed by atoms with Crippen molar-refractivity contribution in [1.82, 2.24) is 24.6 Å². The second-order valence-electron chi connectivity index (χ2n) is 7.00. The molecule has 4 rings (SSSR count). The molecule has 0 radical (unpaired) electrons. The lowest BCUT2D eigenvalue weighted by atomic mass is 9.97. The standard InChI is InChI=1S/C20H22FN5O2/c1-14(12-25-10-9-22-13-25)24-20(27)17-7-11-28-19(17)18-6-8-23-26(18)16-4-2-15(21)3-5-16/h2-6,8-10,13-14,17,19H,7,11-12H2,1H3,(H,24,27)/t14-,17+,19+/m1/s1. The second kappa shape index (κ2) is 7.93. The van der Waals surface area contributed by atoms with Crippen molar-refractivity contribution in [3.8, 4) is 5.69 Å². The number of carbonyl (C=O) groups is 1. The molecular weight excluding hydrogens is 361 g/mol. The highest BCUT2D eigenvalue weighted by Gasteiger charge is 2.37. The summed E-state index contributed by atoms with van der Waals surface area (Å²) < 4.78 is 22.8. The van der Waals surface area contributed by atoms with E-state index in [1.54, 1.807) is 35.5 Å². The van der Waals surface area contributed by atoms with E-state index in [-0.39, 0.29) is 23.7 Å². The van der Waals surface area contributed by atoms with Gasteiger partial charge in [-0.15, -0.1) is 0 Å². The van der Waals surface area contributed by atoms with E-state index >= 15 is 0 Å². The quantitative estimate of drug-likeness (QED) is 0.710. The molecule has 0 aliphatic carbocycles. The molecule has 0 saturated carbocycles. The highest BCUT2D eigenvalue weighted by Crippen LogP contribution is 2.35. The molecule has 7 nitrogen and oxygen atoms in total. The molecule has 1 aliphatic heterocycles. The van der Waals surface area contributed by atoms with Crippen molar-refractivity contribution in [3.63, 3.8) is 0 Å². The second-order valence-corrected chi connectivity index (χ2v) is 7.00. The van der Waals surface area contributed by atoms with Gasteiger partial charge in [-0.25, -0.2) is 14.1 Å². The van der Waals surface area contributed by atoms with Gasteiger partial charge in [0.05, 0.1) is 23.6 Å². The molecule has 1 aliphatic rings. The van der Waals surface area contributed by atoms with E-state index < -0.39 is 6.10 Å². The smallest absolute Gasteiger partial charge is 0.226 e. The van der Waals surface area contributed by atoms with Gasteiger partial charge in [0.15, 0.2) is 0 Å². The summed E-state index contributed by atoms with van der Waals surface area (Å²) in [5.74, 6) is -0.651. The molecule has 28 heavy (non-hydrogen) atoms. The summed E-state index contributed by atoms with van der Waals surface area (Å²) in [7, 11) is 0. The Hall–Kier alpha value is -3.00. The highest BCUT2D eigenvalue weighted by molar-refractivity contribution is 5.80. The first-order chi connectivity index (χ1) is 13.6. The molecule has 0 spiro atoms.